The van der Waals surface area contributed by atoms with E-state index in [9.17, 15) is 0 Å². The van der Waals surface area contributed by atoms with Gasteiger partial charge in [-0.3, -0.25) is 0 Å². The molecular weight excluding hydrogens is 442 g/mol. The molecule has 1 aliphatic rings. The average molecular weight is 497 g/mol. The number of rotatable bonds is 24. The van der Waals surface area contributed by atoms with Crippen LogP contribution in [0.4, 0.5) is 0 Å². The second-order valence-electron chi connectivity index (χ2n) is 10.2. The molecule has 1 aromatic heterocycles. The Morgan fingerprint density at radius 3 is 2.06 bits per heavy atom. The average Bonchev–Trinajstić information content (AvgIpc) is 3.53. The number of ether oxygens (including phenoxy) is 3. The zero-order valence-electron chi connectivity index (χ0n) is 22.2. The van der Waals surface area contributed by atoms with Crippen molar-refractivity contribution in [2.24, 2.45) is 0 Å². The summed E-state index contributed by atoms with van der Waals surface area (Å²) < 4.78 is 20.0. The highest BCUT2D eigenvalue weighted by Crippen LogP contribution is 2.19. The van der Waals surface area contributed by atoms with Gasteiger partial charge in [-0.2, -0.15) is 4.57 Å². The van der Waals surface area contributed by atoms with E-state index < -0.39 is 0 Å². The van der Waals surface area contributed by atoms with Crippen molar-refractivity contribution in [3.63, 3.8) is 0 Å². The summed E-state index contributed by atoms with van der Waals surface area (Å²) in [6.07, 6.45) is 27.8. The number of hydrogen-bond donors (Lipinski definition) is 0. The van der Waals surface area contributed by atoms with Crippen molar-refractivity contribution >= 4 is 11.3 Å². The SMILES string of the molecule is CCCCCCCCCCCCCCC[C@H]1OC[C@H](COCCCCCCC[n+]2ccsc2)O1. The fourth-order valence-corrected chi connectivity index (χ4v) is 5.34. The highest BCUT2D eigenvalue weighted by Gasteiger charge is 2.25. The van der Waals surface area contributed by atoms with E-state index in [0.717, 1.165) is 26.0 Å². The number of aromatic nitrogens is 1. The van der Waals surface area contributed by atoms with Crippen LogP contribution in [0.1, 0.15) is 129 Å². The Labute approximate surface area is 214 Å². The minimum atomic E-state index is 0.00223. The van der Waals surface area contributed by atoms with Crippen molar-refractivity contribution in [1.29, 1.82) is 0 Å². The van der Waals surface area contributed by atoms with Crippen LogP contribution in [0.15, 0.2) is 17.1 Å². The van der Waals surface area contributed by atoms with E-state index in [1.807, 2.05) is 0 Å². The molecule has 0 amide bonds. The third-order valence-corrected chi connectivity index (χ3v) is 7.56. The molecule has 2 atom stereocenters. The summed E-state index contributed by atoms with van der Waals surface area (Å²) in [6.45, 7) is 5.67. The Morgan fingerprint density at radius 2 is 1.41 bits per heavy atom. The van der Waals surface area contributed by atoms with Gasteiger partial charge in [0.15, 0.2) is 12.5 Å². The monoisotopic (exact) mass is 496 g/mol. The summed E-state index contributed by atoms with van der Waals surface area (Å²) >= 11 is 1.77. The van der Waals surface area contributed by atoms with Crippen LogP contribution in [0.2, 0.25) is 0 Å². The zero-order chi connectivity index (χ0) is 23.9. The van der Waals surface area contributed by atoms with Crippen molar-refractivity contribution < 1.29 is 18.8 Å². The fraction of sp³-hybridized carbons (Fsp3) is 0.897. The standard InChI is InChI=1S/C29H54NO3S/c1-2-3-4-5-6-7-8-9-10-11-12-14-17-20-29-32-26-28(33-29)25-31-23-19-16-13-15-18-21-30-22-24-34-27-30/h22,24,27-29H,2-21,23,25-26H2,1H3/q+1/t28-,29-/m0/s1. The van der Waals surface area contributed by atoms with Crippen molar-refractivity contribution in [2.45, 2.75) is 148 Å². The molecule has 1 saturated heterocycles. The van der Waals surface area contributed by atoms with E-state index in [4.69, 9.17) is 14.2 Å². The molecule has 1 aliphatic heterocycles. The minimum Gasteiger partial charge on any atom is -0.379 e. The zero-order valence-corrected chi connectivity index (χ0v) is 23.0. The Balaban J connectivity index is 1.26. The molecule has 1 aromatic rings. The second-order valence-corrected chi connectivity index (χ2v) is 10.9. The van der Waals surface area contributed by atoms with Gasteiger partial charge in [-0.15, -0.1) is 0 Å². The van der Waals surface area contributed by atoms with Gasteiger partial charge in [-0.25, -0.2) is 0 Å². The van der Waals surface area contributed by atoms with E-state index in [-0.39, 0.29) is 12.4 Å². The van der Waals surface area contributed by atoms with Crippen LogP contribution < -0.4 is 4.57 Å². The molecule has 0 bridgehead atoms. The van der Waals surface area contributed by atoms with Gasteiger partial charge in [0.1, 0.15) is 12.6 Å². The van der Waals surface area contributed by atoms with Crippen molar-refractivity contribution in [2.75, 3.05) is 19.8 Å². The third kappa shape index (κ3) is 16.2. The lowest BCUT2D eigenvalue weighted by atomic mass is 10.0. The van der Waals surface area contributed by atoms with Gasteiger partial charge < -0.3 is 14.2 Å². The predicted molar refractivity (Wildman–Crippen MR) is 143 cm³/mol. The lowest BCUT2D eigenvalue weighted by Crippen LogP contribution is -2.29. The Bertz CT molecular complexity index is 539. The maximum absolute atomic E-state index is 6.01. The molecule has 0 N–H and O–H groups in total. The molecule has 0 saturated carbocycles. The Hall–Kier alpha value is -0.490. The predicted octanol–water partition coefficient (Wildman–Crippen LogP) is 8.23. The smallest absolute Gasteiger partial charge is 0.224 e. The molecule has 0 unspecified atom stereocenters. The van der Waals surface area contributed by atoms with Gasteiger partial charge in [0.05, 0.1) is 18.6 Å². The largest absolute Gasteiger partial charge is 0.379 e. The first-order chi connectivity index (χ1) is 16.9. The van der Waals surface area contributed by atoms with Crippen LogP contribution in [0.3, 0.4) is 0 Å². The first-order valence-corrected chi connectivity index (χ1v) is 15.6. The van der Waals surface area contributed by atoms with E-state index in [1.54, 1.807) is 11.3 Å². The van der Waals surface area contributed by atoms with E-state index in [1.165, 1.54) is 109 Å². The lowest BCUT2D eigenvalue weighted by Gasteiger charge is -2.12. The molecule has 1 fully saturated rings. The first-order valence-electron chi connectivity index (χ1n) is 14.6. The molecule has 34 heavy (non-hydrogen) atoms. The second kappa shape index (κ2) is 21.8. The molecule has 5 heteroatoms. The maximum atomic E-state index is 6.01. The Morgan fingerprint density at radius 1 is 0.794 bits per heavy atom. The molecule has 0 spiro atoms. The van der Waals surface area contributed by atoms with Gasteiger partial charge in [-0.1, -0.05) is 108 Å². The molecule has 0 radical (unpaired) electrons. The quantitative estimate of drug-likeness (QED) is 0.107. The van der Waals surface area contributed by atoms with Crippen LogP contribution in [0.25, 0.3) is 0 Å². The molecule has 2 rings (SSSR count). The number of hydrogen-bond acceptors (Lipinski definition) is 4. The maximum Gasteiger partial charge on any atom is 0.224 e. The van der Waals surface area contributed by atoms with Crippen LogP contribution in [0, 0.1) is 0 Å². The minimum absolute atomic E-state index is 0.00223. The molecule has 2 heterocycles. The van der Waals surface area contributed by atoms with Crippen molar-refractivity contribution in [3.8, 4) is 0 Å². The number of unbranched alkanes of at least 4 members (excludes halogenated alkanes) is 16. The summed E-state index contributed by atoms with van der Waals surface area (Å²) in [4.78, 5) is 0. The van der Waals surface area contributed by atoms with Gasteiger partial charge in [0.2, 0.25) is 5.51 Å². The van der Waals surface area contributed by atoms with Gasteiger partial charge in [0.25, 0.3) is 0 Å². The van der Waals surface area contributed by atoms with Gasteiger partial charge >= 0.3 is 0 Å². The number of thiazole rings is 1. The summed E-state index contributed by atoms with van der Waals surface area (Å²) in [5.41, 5.74) is 2.19. The molecule has 198 valence electrons. The molecule has 0 aromatic carbocycles. The summed E-state index contributed by atoms with van der Waals surface area (Å²) in [5.74, 6) is 0. The van der Waals surface area contributed by atoms with E-state index in [0.29, 0.717) is 13.2 Å². The number of aryl methyl sites for hydroxylation is 1. The van der Waals surface area contributed by atoms with Gasteiger partial charge in [0, 0.05) is 13.0 Å². The van der Waals surface area contributed by atoms with Crippen LogP contribution in [0.5, 0.6) is 0 Å². The lowest BCUT2D eigenvalue weighted by molar-refractivity contribution is -0.692. The van der Waals surface area contributed by atoms with Crippen LogP contribution in [-0.2, 0) is 20.8 Å². The van der Waals surface area contributed by atoms with Crippen LogP contribution >= 0.6 is 11.3 Å². The first kappa shape index (κ1) is 29.7. The normalized spacial score (nSPS) is 18.1. The van der Waals surface area contributed by atoms with E-state index >= 15 is 0 Å². The highest BCUT2D eigenvalue weighted by molar-refractivity contribution is 7.07. The number of nitrogens with zero attached hydrogens (tertiary/aromatic N) is 1. The summed E-state index contributed by atoms with van der Waals surface area (Å²) in [7, 11) is 0. The molecule has 0 aliphatic carbocycles. The fourth-order valence-electron chi connectivity index (χ4n) is 4.71. The molecular formula is C29H54NO3S+. The van der Waals surface area contributed by atoms with Crippen molar-refractivity contribution in [3.05, 3.63) is 17.1 Å². The third-order valence-electron chi connectivity index (χ3n) is 6.89. The van der Waals surface area contributed by atoms with E-state index in [2.05, 4.69) is 28.6 Å². The molecule has 4 nitrogen and oxygen atoms in total. The highest BCUT2D eigenvalue weighted by atomic mass is 32.1. The summed E-state index contributed by atoms with van der Waals surface area (Å²) in [5, 5.41) is 2.14. The Kier molecular flexibility index (Phi) is 19.0. The summed E-state index contributed by atoms with van der Waals surface area (Å²) in [6, 6.07) is 0. The van der Waals surface area contributed by atoms with Crippen LogP contribution in [-0.4, -0.2) is 32.2 Å². The van der Waals surface area contributed by atoms with Gasteiger partial charge in [-0.05, 0) is 25.7 Å². The van der Waals surface area contributed by atoms with Crippen molar-refractivity contribution in [1.82, 2.24) is 0 Å². The topological polar surface area (TPSA) is 31.6 Å².